The van der Waals surface area contributed by atoms with Crippen molar-refractivity contribution in [2.24, 2.45) is 0 Å². The van der Waals surface area contributed by atoms with Crippen LogP contribution >= 0.6 is 23.6 Å². The molecule has 0 bridgehead atoms. The van der Waals surface area contributed by atoms with Gasteiger partial charge in [-0.2, -0.15) is 0 Å². The van der Waals surface area contributed by atoms with E-state index in [1.165, 1.54) is 32.5 Å². The third kappa shape index (κ3) is 4.79. The number of aromatic nitrogens is 1. The first kappa shape index (κ1) is 20.5. The lowest BCUT2D eigenvalue weighted by molar-refractivity contribution is -0.114. The first-order valence-electron chi connectivity index (χ1n) is 8.42. The number of nitrogens with one attached hydrogen (secondary N) is 3. The molecule has 2 aromatic carbocycles. The normalized spacial score (nSPS) is 10.3. The summed E-state index contributed by atoms with van der Waals surface area (Å²) in [6.45, 7) is 1.45. The summed E-state index contributed by atoms with van der Waals surface area (Å²) < 4.78 is 11.3. The second kappa shape index (κ2) is 8.84. The number of ether oxygens (including phenoxy) is 2. The van der Waals surface area contributed by atoms with Crippen molar-refractivity contribution in [3.8, 4) is 11.5 Å². The van der Waals surface area contributed by atoms with Gasteiger partial charge in [-0.25, -0.2) is 4.98 Å². The van der Waals surface area contributed by atoms with Crippen LogP contribution in [-0.4, -0.2) is 36.1 Å². The Balaban J connectivity index is 1.74. The standard InChI is InChI=1S/C19H18N4O4S2/c1-10(24)20-11-7-8-12-15(9-11)29-19(21-12)23-18(28)22-17(25)16-13(26-2)5-4-6-14(16)27-3/h4-9H,1-3H3,(H,20,24)(H2,21,22,23,25,28). The highest BCUT2D eigenvalue weighted by atomic mass is 32.1. The lowest BCUT2D eigenvalue weighted by Gasteiger charge is -2.13. The molecule has 1 heterocycles. The van der Waals surface area contributed by atoms with Crippen molar-refractivity contribution in [3.63, 3.8) is 0 Å². The number of thiocarbonyl (C=S) groups is 1. The Labute approximate surface area is 176 Å². The number of methoxy groups -OCH3 is 2. The zero-order valence-corrected chi connectivity index (χ0v) is 17.5. The van der Waals surface area contributed by atoms with Gasteiger partial charge in [-0.1, -0.05) is 17.4 Å². The number of hydrogen-bond acceptors (Lipinski definition) is 7. The molecule has 2 amide bonds. The highest BCUT2D eigenvalue weighted by Gasteiger charge is 2.19. The predicted octanol–water partition coefficient (Wildman–Crippen LogP) is 3.40. The van der Waals surface area contributed by atoms with Crippen LogP contribution in [0.1, 0.15) is 17.3 Å². The number of carbonyl (C=O) groups excluding carboxylic acids is 2. The van der Waals surface area contributed by atoms with Crippen LogP contribution in [0, 0.1) is 0 Å². The zero-order valence-electron chi connectivity index (χ0n) is 15.9. The number of carbonyl (C=O) groups is 2. The van der Waals surface area contributed by atoms with Gasteiger partial charge in [0.2, 0.25) is 5.91 Å². The number of thiazole rings is 1. The molecule has 150 valence electrons. The molecule has 0 spiro atoms. The molecule has 10 heteroatoms. The van der Waals surface area contributed by atoms with Crippen LogP contribution in [0.4, 0.5) is 10.8 Å². The monoisotopic (exact) mass is 430 g/mol. The number of nitrogens with zero attached hydrogens (tertiary/aromatic N) is 1. The number of benzene rings is 2. The van der Waals surface area contributed by atoms with Gasteiger partial charge in [-0.3, -0.25) is 14.9 Å². The van der Waals surface area contributed by atoms with E-state index in [2.05, 4.69) is 20.9 Å². The van der Waals surface area contributed by atoms with E-state index in [9.17, 15) is 9.59 Å². The van der Waals surface area contributed by atoms with Crippen LogP contribution in [0.5, 0.6) is 11.5 Å². The van der Waals surface area contributed by atoms with Gasteiger partial charge in [0.05, 0.1) is 24.4 Å². The number of fused-ring (bicyclic) bond motifs is 1. The van der Waals surface area contributed by atoms with Crippen LogP contribution < -0.4 is 25.4 Å². The molecule has 0 aliphatic heterocycles. The van der Waals surface area contributed by atoms with E-state index >= 15 is 0 Å². The largest absolute Gasteiger partial charge is 0.496 e. The minimum absolute atomic E-state index is 0.0871. The van der Waals surface area contributed by atoms with Gasteiger partial charge in [-0.15, -0.1) is 0 Å². The Morgan fingerprint density at radius 1 is 1.07 bits per heavy atom. The van der Waals surface area contributed by atoms with Gasteiger partial charge in [0.15, 0.2) is 10.2 Å². The van der Waals surface area contributed by atoms with Gasteiger partial charge < -0.3 is 20.1 Å². The maximum atomic E-state index is 12.7. The van der Waals surface area contributed by atoms with Gasteiger partial charge in [0, 0.05) is 12.6 Å². The van der Waals surface area contributed by atoms with Gasteiger partial charge >= 0.3 is 0 Å². The lowest BCUT2D eigenvalue weighted by atomic mass is 10.1. The molecule has 1 aromatic heterocycles. The van der Waals surface area contributed by atoms with Crippen molar-refractivity contribution in [2.75, 3.05) is 24.9 Å². The average molecular weight is 431 g/mol. The van der Waals surface area contributed by atoms with Gasteiger partial charge in [0.25, 0.3) is 5.91 Å². The van der Waals surface area contributed by atoms with E-state index in [0.717, 1.165) is 10.2 Å². The zero-order chi connectivity index (χ0) is 21.0. The molecular weight excluding hydrogens is 412 g/mol. The molecule has 0 fully saturated rings. The Morgan fingerprint density at radius 3 is 2.38 bits per heavy atom. The average Bonchev–Trinajstić information content (AvgIpc) is 3.07. The molecule has 3 N–H and O–H groups in total. The maximum Gasteiger partial charge on any atom is 0.264 e. The summed E-state index contributed by atoms with van der Waals surface area (Å²) in [5.74, 6) is 0.124. The van der Waals surface area contributed by atoms with Crippen LogP contribution in [0.25, 0.3) is 10.2 Å². The van der Waals surface area contributed by atoms with Crippen molar-refractivity contribution in [1.29, 1.82) is 0 Å². The van der Waals surface area contributed by atoms with Crippen LogP contribution in [0.3, 0.4) is 0 Å². The molecule has 0 aliphatic carbocycles. The highest BCUT2D eigenvalue weighted by molar-refractivity contribution is 7.80. The number of hydrogen-bond donors (Lipinski definition) is 3. The molecule has 0 saturated heterocycles. The first-order valence-corrected chi connectivity index (χ1v) is 9.65. The molecule has 8 nitrogen and oxygen atoms in total. The van der Waals surface area contributed by atoms with Gasteiger partial charge in [0.1, 0.15) is 17.1 Å². The number of rotatable bonds is 5. The van der Waals surface area contributed by atoms with Crippen LogP contribution in [-0.2, 0) is 4.79 Å². The predicted molar refractivity (Wildman–Crippen MR) is 117 cm³/mol. The maximum absolute atomic E-state index is 12.7. The second-order valence-corrected chi connectivity index (χ2v) is 7.27. The van der Waals surface area contributed by atoms with E-state index in [1.807, 2.05) is 6.07 Å². The van der Waals surface area contributed by atoms with Gasteiger partial charge in [-0.05, 0) is 42.5 Å². The summed E-state index contributed by atoms with van der Waals surface area (Å²) in [6, 6.07) is 10.4. The molecule has 3 aromatic rings. The SMILES string of the molecule is COc1cccc(OC)c1C(=O)NC(=S)Nc1nc2ccc(NC(C)=O)cc2s1. The van der Waals surface area contributed by atoms with E-state index < -0.39 is 5.91 Å². The van der Waals surface area contributed by atoms with Crippen molar-refractivity contribution in [1.82, 2.24) is 10.3 Å². The van der Waals surface area contributed by atoms with Crippen molar-refractivity contribution >= 4 is 61.5 Å². The first-order chi connectivity index (χ1) is 13.9. The van der Waals surface area contributed by atoms with Crippen molar-refractivity contribution in [3.05, 3.63) is 42.0 Å². The molecule has 0 atom stereocenters. The fraction of sp³-hybridized carbons (Fsp3) is 0.158. The third-order valence-electron chi connectivity index (χ3n) is 3.81. The number of amides is 2. The van der Waals surface area contributed by atoms with E-state index in [0.29, 0.717) is 22.3 Å². The van der Waals surface area contributed by atoms with E-state index in [1.54, 1.807) is 30.3 Å². The minimum Gasteiger partial charge on any atom is -0.496 e. The van der Waals surface area contributed by atoms with Crippen molar-refractivity contribution in [2.45, 2.75) is 6.92 Å². The summed E-state index contributed by atoms with van der Waals surface area (Å²) in [4.78, 5) is 28.3. The summed E-state index contributed by atoms with van der Waals surface area (Å²) in [5.41, 5.74) is 1.66. The molecule has 0 aliphatic rings. The Morgan fingerprint density at radius 2 is 1.76 bits per heavy atom. The van der Waals surface area contributed by atoms with Crippen LogP contribution in [0.15, 0.2) is 36.4 Å². The lowest BCUT2D eigenvalue weighted by Crippen LogP contribution is -2.34. The Hall–Kier alpha value is -3.24. The fourth-order valence-corrected chi connectivity index (χ4v) is 3.79. The molecule has 0 radical (unpaired) electrons. The molecule has 0 saturated carbocycles. The molecular formula is C19H18N4O4S2. The Kier molecular flexibility index (Phi) is 6.25. The fourth-order valence-electron chi connectivity index (χ4n) is 2.63. The summed E-state index contributed by atoms with van der Waals surface area (Å²) in [5, 5.41) is 8.84. The minimum atomic E-state index is -0.467. The summed E-state index contributed by atoms with van der Waals surface area (Å²) >= 11 is 6.59. The van der Waals surface area contributed by atoms with E-state index in [-0.39, 0.29) is 16.6 Å². The van der Waals surface area contributed by atoms with E-state index in [4.69, 9.17) is 21.7 Å². The molecule has 0 unspecified atom stereocenters. The second-order valence-electron chi connectivity index (χ2n) is 5.83. The van der Waals surface area contributed by atoms with Crippen LogP contribution in [0.2, 0.25) is 0 Å². The third-order valence-corrected chi connectivity index (χ3v) is 4.95. The molecule has 3 rings (SSSR count). The molecule has 29 heavy (non-hydrogen) atoms. The quantitative estimate of drug-likeness (QED) is 0.533. The smallest absolute Gasteiger partial charge is 0.264 e. The Bertz CT molecular complexity index is 1070. The summed E-state index contributed by atoms with van der Waals surface area (Å²) in [6.07, 6.45) is 0. The summed E-state index contributed by atoms with van der Waals surface area (Å²) in [7, 11) is 2.94. The van der Waals surface area contributed by atoms with Crippen molar-refractivity contribution < 1.29 is 19.1 Å². The highest BCUT2D eigenvalue weighted by Crippen LogP contribution is 2.29. The number of anilines is 2. The topological polar surface area (TPSA) is 102 Å².